The molecular formula is C26H28N2O. The fourth-order valence-electron chi connectivity index (χ4n) is 3.76. The second-order valence-electron chi connectivity index (χ2n) is 9.87. The first-order chi connectivity index (χ1) is 13.6. The molecular weight excluding hydrogens is 356 g/mol. The summed E-state index contributed by atoms with van der Waals surface area (Å²) in [5.74, 6) is -0.175. The molecule has 4 rings (SSSR count). The first kappa shape index (κ1) is 19.4. The molecule has 0 aliphatic carbocycles. The molecule has 29 heavy (non-hydrogen) atoms. The van der Waals surface area contributed by atoms with Gasteiger partial charge in [-0.3, -0.25) is 4.79 Å². The van der Waals surface area contributed by atoms with Gasteiger partial charge in [0.25, 0.3) is 5.91 Å². The van der Waals surface area contributed by atoms with E-state index in [0.717, 1.165) is 28.1 Å². The number of nitrogens with zero attached hydrogens (tertiary/aromatic N) is 1. The van der Waals surface area contributed by atoms with E-state index in [4.69, 9.17) is 0 Å². The molecule has 0 saturated carbocycles. The number of amides is 1. The van der Waals surface area contributed by atoms with Crippen molar-refractivity contribution in [2.45, 2.75) is 52.4 Å². The number of carbonyl (C=O) groups is 1. The van der Waals surface area contributed by atoms with E-state index in [0.29, 0.717) is 5.56 Å². The largest absolute Gasteiger partial charge is 0.360 e. The first-order valence-electron chi connectivity index (χ1n) is 10.1. The van der Waals surface area contributed by atoms with Crippen molar-refractivity contribution in [3.63, 3.8) is 0 Å². The van der Waals surface area contributed by atoms with E-state index in [2.05, 4.69) is 100 Å². The monoisotopic (exact) mass is 384 g/mol. The maximum atomic E-state index is 12.7. The van der Waals surface area contributed by atoms with E-state index >= 15 is 0 Å². The van der Waals surface area contributed by atoms with E-state index in [1.807, 2.05) is 6.20 Å². The zero-order valence-corrected chi connectivity index (χ0v) is 18.1. The summed E-state index contributed by atoms with van der Waals surface area (Å²) in [5, 5.41) is 0. The summed E-state index contributed by atoms with van der Waals surface area (Å²) in [4.78, 5) is 20.4. The van der Waals surface area contributed by atoms with E-state index in [9.17, 15) is 4.79 Å². The van der Waals surface area contributed by atoms with Crippen LogP contribution in [0.3, 0.4) is 0 Å². The maximum Gasteiger partial charge on any atom is 0.280 e. The zero-order chi connectivity index (χ0) is 21.0. The molecule has 0 fully saturated rings. The molecule has 0 saturated heterocycles. The number of H-pyrrole nitrogens is 1. The average molecular weight is 385 g/mol. The van der Waals surface area contributed by atoms with Crippen LogP contribution in [0.1, 0.15) is 74.2 Å². The zero-order valence-electron chi connectivity index (χ0n) is 18.1. The highest BCUT2D eigenvalue weighted by Gasteiger charge is 2.29. The van der Waals surface area contributed by atoms with Gasteiger partial charge >= 0.3 is 0 Å². The number of aromatic nitrogens is 1. The summed E-state index contributed by atoms with van der Waals surface area (Å²) in [6.45, 7) is 13.2. The van der Waals surface area contributed by atoms with E-state index in [-0.39, 0.29) is 16.7 Å². The molecule has 148 valence electrons. The number of aromatic amines is 1. The lowest BCUT2D eigenvalue weighted by Gasteiger charge is -2.19. The van der Waals surface area contributed by atoms with E-state index in [1.165, 1.54) is 11.1 Å². The van der Waals surface area contributed by atoms with Crippen LogP contribution in [0.2, 0.25) is 0 Å². The Labute approximate surface area is 172 Å². The van der Waals surface area contributed by atoms with Crippen LogP contribution in [-0.4, -0.2) is 16.6 Å². The lowest BCUT2D eigenvalue weighted by Crippen LogP contribution is -2.11. The third kappa shape index (κ3) is 3.46. The molecule has 1 aliphatic heterocycles. The number of carbonyl (C=O) groups excluding carboxylic acids is 1. The summed E-state index contributed by atoms with van der Waals surface area (Å²) in [7, 11) is 0. The number of benzene rings is 2. The average Bonchev–Trinajstić information content (AvgIpc) is 3.22. The Bertz CT molecular complexity index is 1100. The number of nitrogens with one attached hydrogen (secondary N) is 1. The highest BCUT2D eigenvalue weighted by atomic mass is 16.1. The molecule has 2 aromatic carbocycles. The van der Waals surface area contributed by atoms with Crippen LogP contribution in [0, 0.1) is 0 Å². The minimum absolute atomic E-state index is 0.0947. The summed E-state index contributed by atoms with van der Waals surface area (Å²) in [6.07, 6.45) is 1.91. The van der Waals surface area contributed by atoms with Gasteiger partial charge in [-0.25, -0.2) is 4.99 Å². The van der Waals surface area contributed by atoms with Crippen LogP contribution in [0.15, 0.2) is 59.7 Å². The van der Waals surface area contributed by atoms with Crippen molar-refractivity contribution in [1.82, 2.24) is 4.98 Å². The molecule has 0 atom stereocenters. The fourth-order valence-corrected chi connectivity index (χ4v) is 3.76. The van der Waals surface area contributed by atoms with Crippen molar-refractivity contribution in [2.75, 3.05) is 0 Å². The minimum atomic E-state index is -0.175. The maximum absolute atomic E-state index is 12.7. The lowest BCUT2D eigenvalue weighted by atomic mass is 9.86. The van der Waals surface area contributed by atoms with Crippen LogP contribution >= 0.6 is 0 Å². The second kappa shape index (κ2) is 6.55. The Hall–Kier alpha value is -2.94. The number of hydrogen-bond acceptors (Lipinski definition) is 1. The predicted octanol–water partition coefficient (Wildman–Crippen LogP) is 6.27. The van der Waals surface area contributed by atoms with Crippen molar-refractivity contribution >= 4 is 11.6 Å². The van der Waals surface area contributed by atoms with Crippen LogP contribution in [0.25, 0.3) is 11.3 Å². The van der Waals surface area contributed by atoms with Crippen LogP contribution in [0.4, 0.5) is 0 Å². The van der Waals surface area contributed by atoms with Crippen LogP contribution in [0.5, 0.6) is 0 Å². The Balaban J connectivity index is 1.70. The van der Waals surface area contributed by atoms with Gasteiger partial charge in [-0.2, -0.15) is 0 Å². The molecule has 0 spiro atoms. The molecule has 1 amide bonds. The van der Waals surface area contributed by atoms with E-state index in [1.54, 1.807) is 0 Å². The number of rotatable bonds is 2. The molecule has 3 heteroatoms. The molecule has 0 bridgehead atoms. The Kier molecular flexibility index (Phi) is 4.38. The van der Waals surface area contributed by atoms with Gasteiger partial charge in [-0.1, -0.05) is 90.1 Å². The van der Waals surface area contributed by atoms with E-state index < -0.39 is 0 Å². The van der Waals surface area contributed by atoms with Crippen molar-refractivity contribution in [3.05, 3.63) is 82.5 Å². The predicted molar refractivity (Wildman–Crippen MR) is 120 cm³/mol. The first-order valence-corrected chi connectivity index (χ1v) is 10.1. The standard InChI is InChI=1S/C26H28N2O/c1-25(2,3)18-11-7-16(8-12-18)22-20-15-27-23(21(20)24(29)28-22)17-9-13-19(14-10-17)26(4,5)6/h7-15,27H,1-6H3. The van der Waals surface area contributed by atoms with Crippen molar-refractivity contribution in [3.8, 4) is 11.3 Å². The van der Waals surface area contributed by atoms with Gasteiger partial charge in [0.1, 0.15) is 0 Å². The second-order valence-corrected chi connectivity index (χ2v) is 9.87. The smallest absolute Gasteiger partial charge is 0.280 e. The third-order valence-electron chi connectivity index (χ3n) is 5.63. The van der Waals surface area contributed by atoms with Crippen molar-refractivity contribution < 1.29 is 4.79 Å². The lowest BCUT2D eigenvalue weighted by molar-refractivity contribution is 0.101. The highest BCUT2D eigenvalue weighted by molar-refractivity contribution is 6.29. The molecule has 3 nitrogen and oxygen atoms in total. The van der Waals surface area contributed by atoms with Gasteiger partial charge in [0.05, 0.1) is 17.0 Å². The quantitative estimate of drug-likeness (QED) is 0.556. The van der Waals surface area contributed by atoms with Gasteiger partial charge < -0.3 is 4.98 Å². The molecule has 1 aliphatic rings. The van der Waals surface area contributed by atoms with Gasteiger partial charge in [0.2, 0.25) is 0 Å². The number of fused-ring (bicyclic) bond motifs is 1. The van der Waals surface area contributed by atoms with Crippen LogP contribution < -0.4 is 0 Å². The molecule has 0 radical (unpaired) electrons. The third-order valence-corrected chi connectivity index (χ3v) is 5.63. The summed E-state index contributed by atoms with van der Waals surface area (Å²) in [5.41, 5.74) is 7.85. The molecule has 3 aromatic rings. The Morgan fingerprint density at radius 2 is 1.21 bits per heavy atom. The highest BCUT2D eigenvalue weighted by Crippen LogP contribution is 2.34. The minimum Gasteiger partial charge on any atom is -0.360 e. The van der Waals surface area contributed by atoms with Crippen molar-refractivity contribution in [1.29, 1.82) is 0 Å². The Morgan fingerprint density at radius 3 is 1.69 bits per heavy atom. The molecule has 2 heterocycles. The SMILES string of the molecule is CC(C)(C)c1ccc(C2=NC(=O)c3c2c[nH]c3-c2ccc(C(C)(C)C)cc2)cc1. The molecule has 0 unspecified atom stereocenters. The van der Waals surface area contributed by atoms with Gasteiger partial charge in [0.15, 0.2) is 0 Å². The summed E-state index contributed by atoms with van der Waals surface area (Å²) >= 11 is 0. The van der Waals surface area contributed by atoms with Gasteiger partial charge in [0, 0.05) is 17.3 Å². The topological polar surface area (TPSA) is 45.2 Å². The number of hydrogen-bond donors (Lipinski definition) is 1. The molecule has 1 aromatic heterocycles. The summed E-state index contributed by atoms with van der Waals surface area (Å²) in [6, 6.07) is 16.8. The van der Waals surface area contributed by atoms with Gasteiger partial charge in [-0.15, -0.1) is 0 Å². The van der Waals surface area contributed by atoms with Gasteiger partial charge in [-0.05, 0) is 27.5 Å². The molecule has 1 N–H and O–H groups in total. The summed E-state index contributed by atoms with van der Waals surface area (Å²) < 4.78 is 0. The van der Waals surface area contributed by atoms with Crippen LogP contribution in [-0.2, 0) is 10.8 Å². The fraction of sp³-hybridized carbons (Fsp3) is 0.308. The number of aliphatic imine (C=N–C) groups is 1. The normalized spacial score (nSPS) is 14.1. The Morgan fingerprint density at radius 1 is 0.724 bits per heavy atom. The van der Waals surface area contributed by atoms with Crippen molar-refractivity contribution in [2.24, 2.45) is 4.99 Å².